The average Bonchev–Trinajstić information content (AvgIpc) is 2.49. The van der Waals surface area contributed by atoms with Gasteiger partial charge in [-0.15, -0.1) is 0 Å². The second-order valence-electron chi connectivity index (χ2n) is 4.14. The fourth-order valence-corrected chi connectivity index (χ4v) is 1.60. The summed E-state index contributed by atoms with van der Waals surface area (Å²) in [5, 5.41) is 2.68. The van der Waals surface area contributed by atoms with Crippen LogP contribution in [-0.4, -0.2) is 19.2 Å². The maximum absolute atomic E-state index is 11.5. The molecule has 20 heavy (non-hydrogen) atoms. The molecule has 0 fully saturated rings. The Hall–Kier alpha value is -2.49. The molecule has 0 aliphatic rings. The van der Waals surface area contributed by atoms with Crippen molar-refractivity contribution in [3.05, 3.63) is 60.7 Å². The van der Waals surface area contributed by atoms with Crippen molar-refractivity contribution in [3.63, 3.8) is 0 Å². The molecular formula is C16H17NO3. The predicted octanol–water partition coefficient (Wildman–Crippen LogP) is 3.24. The highest BCUT2D eigenvalue weighted by molar-refractivity contribution is 5.70. The van der Waals surface area contributed by atoms with Crippen LogP contribution in [0.2, 0.25) is 0 Å². The third-order valence-corrected chi connectivity index (χ3v) is 2.56. The van der Waals surface area contributed by atoms with Crippen LogP contribution in [-0.2, 0) is 0 Å². The molecule has 2 aromatic carbocycles. The molecule has 4 nitrogen and oxygen atoms in total. The third kappa shape index (κ3) is 5.02. The quantitative estimate of drug-likeness (QED) is 0.820. The lowest BCUT2D eigenvalue weighted by Gasteiger charge is -2.07. The van der Waals surface area contributed by atoms with Gasteiger partial charge in [0.15, 0.2) is 0 Å². The maximum atomic E-state index is 11.5. The average molecular weight is 271 g/mol. The Morgan fingerprint density at radius 3 is 2.15 bits per heavy atom. The van der Waals surface area contributed by atoms with E-state index in [4.69, 9.17) is 9.47 Å². The molecule has 1 amide bonds. The highest BCUT2D eigenvalue weighted by Gasteiger charge is 2.02. The number of carbonyl (C=O) groups excluding carboxylic acids is 1. The lowest BCUT2D eigenvalue weighted by molar-refractivity contribution is 0.199. The number of carbonyl (C=O) groups is 1. The molecule has 0 bridgehead atoms. The van der Waals surface area contributed by atoms with Crippen LogP contribution in [0.4, 0.5) is 4.79 Å². The summed E-state index contributed by atoms with van der Waals surface area (Å²) in [6.45, 7) is 1.06. The van der Waals surface area contributed by atoms with E-state index in [9.17, 15) is 4.79 Å². The van der Waals surface area contributed by atoms with Gasteiger partial charge in [-0.05, 0) is 30.7 Å². The molecule has 1 N–H and O–H groups in total. The smallest absolute Gasteiger partial charge is 0.412 e. The van der Waals surface area contributed by atoms with Gasteiger partial charge >= 0.3 is 6.09 Å². The monoisotopic (exact) mass is 271 g/mol. The van der Waals surface area contributed by atoms with Gasteiger partial charge in [-0.2, -0.15) is 0 Å². The third-order valence-electron chi connectivity index (χ3n) is 2.56. The molecule has 0 spiro atoms. The molecule has 0 aliphatic heterocycles. The van der Waals surface area contributed by atoms with Gasteiger partial charge in [0.2, 0.25) is 0 Å². The number of hydrogen-bond donors (Lipinski definition) is 1. The summed E-state index contributed by atoms with van der Waals surface area (Å²) in [7, 11) is 0. The van der Waals surface area contributed by atoms with E-state index in [1.54, 1.807) is 12.1 Å². The molecule has 0 aliphatic carbocycles. The number of para-hydroxylation sites is 2. The topological polar surface area (TPSA) is 47.6 Å². The van der Waals surface area contributed by atoms with Crippen molar-refractivity contribution in [1.29, 1.82) is 0 Å². The van der Waals surface area contributed by atoms with E-state index in [0.29, 0.717) is 18.9 Å². The number of benzene rings is 2. The highest BCUT2D eigenvalue weighted by atomic mass is 16.6. The van der Waals surface area contributed by atoms with E-state index >= 15 is 0 Å². The van der Waals surface area contributed by atoms with Gasteiger partial charge in [0.1, 0.15) is 11.5 Å². The zero-order valence-corrected chi connectivity index (χ0v) is 11.1. The van der Waals surface area contributed by atoms with Crippen molar-refractivity contribution in [3.8, 4) is 11.5 Å². The van der Waals surface area contributed by atoms with E-state index in [0.717, 1.165) is 12.2 Å². The lowest BCUT2D eigenvalue weighted by Crippen LogP contribution is -2.28. The van der Waals surface area contributed by atoms with Crippen LogP contribution in [0.1, 0.15) is 6.42 Å². The van der Waals surface area contributed by atoms with Gasteiger partial charge < -0.3 is 14.8 Å². The first-order valence-electron chi connectivity index (χ1n) is 6.53. The fraction of sp³-hybridized carbons (Fsp3) is 0.188. The Kier molecular flexibility index (Phi) is 5.46. The zero-order chi connectivity index (χ0) is 14.0. The zero-order valence-electron chi connectivity index (χ0n) is 11.1. The normalized spacial score (nSPS) is 9.80. The van der Waals surface area contributed by atoms with Gasteiger partial charge in [0.25, 0.3) is 0 Å². The lowest BCUT2D eigenvalue weighted by atomic mass is 10.3. The highest BCUT2D eigenvalue weighted by Crippen LogP contribution is 2.09. The summed E-state index contributed by atoms with van der Waals surface area (Å²) >= 11 is 0. The predicted molar refractivity (Wildman–Crippen MR) is 77.0 cm³/mol. The molecule has 4 heteroatoms. The number of ether oxygens (including phenoxy) is 2. The van der Waals surface area contributed by atoms with Gasteiger partial charge in [-0.3, -0.25) is 0 Å². The van der Waals surface area contributed by atoms with Crippen LogP contribution in [0, 0.1) is 0 Å². The Morgan fingerprint density at radius 2 is 1.50 bits per heavy atom. The van der Waals surface area contributed by atoms with Crippen molar-refractivity contribution in [1.82, 2.24) is 5.32 Å². The summed E-state index contributed by atoms with van der Waals surface area (Å²) in [6, 6.07) is 18.5. The number of amides is 1. The number of hydrogen-bond acceptors (Lipinski definition) is 3. The summed E-state index contributed by atoms with van der Waals surface area (Å²) in [5.74, 6) is 1.37. The van der Waals surface area contributed by atoms with Crippen molar-refractivity contribution >= 4 is 6.09 Å². The first-order valence-corrected chi connectivity index (χ1v) is 6.53. The summed E-state index contributed by atoms with van der Waals surface area (Å²) in [5.41, 5.74) is 0. The van der Waals surface area contributed by atoms with E-state index < -0.39 is 6.09 Å². The van der Waals surface area contributed by atoms with Gasteiger partial charge in [0, 0.05) is 6.54 Å². The van der Waals surface area contributed by atoms with E-state index in [2.05, 4.69) is 5.32 Å². The van der Waals surface area contributed by atoms with Gasteiger partial charge in [-0.1, -0.05) is 36.4 Å². The largest absolute Gasteiger partial charge is 0.494 e. The number of rotatable bonds is 6. The van der Waals surface area contributed by atoms with Crippen LogP contribution in [0.15, 0.2) is 60.7 Å². The maximum Gasteiger partial charge on any atom is 0.412 e. The van der Waals surface area contributed by atoms with Crippen LogP contribution in [0.3, 0.4) is 0 Å². The molecule has 0 saturated carbocycles. The minimum Gasteiger partial charge on any atom is -0.494 e. The van der Waals surface area contributed by atoms with E-state index in [1.165, 1.54) is 0 Å². The van der Waals surface area contributed by atoms with Crippen LogP contribution >= 0.6 is 0 Å². The molecular weight excluding hydrogens is 254 g/mol. The second kappa shape index (κ2) is 7.84. The Balaban J connectivity index is 1.58. The molecule has 0 saturated heterocycles. The molecule has 0 atom stereocenters. The fourth-order valence-electron chi connectivity index (χ4n) is 1.60. The standard InChI is InChI=1S/C16H17NO3/c18-16(20-15-10-5-2-6-11-15)17-12-7-13-19-14-8-3-1-4-9-14/h1-6,8-11H,7,12-13H2,(H,17,18). The Labute approximate surface area is 118 Å². The first kappa shape index (κ1) is 13.9. The molecule has 0 radical (unpaired) electrons. The second-order valence-corrected chi connectivity index (χ2v) is 4.14. The molecule has 2 rings (SSSR count). The van der Waals surface area contributed by atoms with Gasteiger partial charge in [0.05, 0.1) is 6.61 Å². The molecule has 104 valence electrons. The minimum absolute atomic E-state index is 0.448. The molecule has 0 aromatic heterocycles. The van der Waals surface area contributed by atoms with Crippen molar-refractivity contribution in [2.24, 2.45) is 0 Å². The van der Waals surface area contributed by atoms with Crippen molar-refractivity contribution < 1.29 is 14.3 Å². The van der Waals surface area contributed by atoms with Crippen molar-refractivity contribution in [2.45, 2.75) is 6.42 Å². The summed E-state index contributed by atoms with van der Waals surface area (Å²) < 4.78 is 10.6. The van der Waals surface area contributed by atoms with Crippen molar-refractivity contribution in [2.75, 3.05) is 13.2 Å². The van der Waals surface area contributed by atoms with Crippen LogP contribution in [0.25, 0.3) is 0 Å². The SMILES string of the molecule is O=C(NCCCOc1ccccc1)Oc1ccccc1. The summed E-state index contributed by atoms with van der Waals surface area (Å²) in [4.78, 5) is 11.5. The molecule has 0 heterocycles. The minimum atomic E-state index is -0.448. The van der Waals surface area contributed by atoms with Gasteiger partial charge in [-0.25, -0.2) is 4.79 Å². The van der Waals surface area contributed by atoms with E-state index in [1.807, 2.05) is 48.5 Å². The number of nitrogens with one attached hydrogen (secondary N) is 1. The Bertz CT molecular complexity index is 514. The van der Waals surface area contributed by atoms with Crippen LogP contribution in [0.5, 0.6) is 11.5 Å². The van der Waals surface area contributed by atoms with E-state index in [-0.39, 0.29) is 0 Å². The molecule has 2 aromatic rings. The molecule has 0 unspecified atom stereocenters. The summed E-state index contributed by atoms with van der Waals surface area (Å²) in [6.07, 6.45) is 0.273. The van der Waals surface area contributed by atoms with Crippen LogP contribution < -0.4 is 14.8 Å². The Morgan fingerprint density at radius 1 is 0.900 bits per heavy atom. The first-order chi connectivity index (χ1) is 9.84.